The van der Waals surface area contributed by atoms with Crippen molar-refractivity contribution in [3.8, 4) is 11.5 Å². The lowest BCUT2D eigenvalue weighted by Crippen LogP contribution is -2.48. The second kappa shape index (κ2) is 14.3. The summed E-state index contributed by atoms with van der Waals surface area (Å²) in [4.78, 5) is 12.7. The smallest absolute Gasteiger partial charge is 0.294 e. The highest BCUT2D eigenvalue weighted by Gasteiger charge is 2.36. The highest BCUT2D eigenvalue weighted by Crippen LogP contribution is 2.31. The largest absolute Gasteiger partial charge is 0.493 e. The van der Waals surface area contributed by atoms with Crippen molar-refractivity contribution in [1.29, 1.82) is 0 Å². The molecule has 0 bridgehead atoms. The molecule has 0 spiro atoms. The third-order valence-corrected chi connectivity index (χ3v) is 9.41. The van der Waals surface area contributed by atoms with Crippen molar-refractivity contribution in [3.05, 3.63) is 82.3 Å². The van der Waals surface area contributed by atoms with Gasteiger partial charge in [-0.15, -0.1) is 0 Å². The molecule has 1 fully saturated rings. The van der Waals surface area contributed by atoms with Gasteiger partial charge in [-0.1, -0.05) is 29.3 Å². The third kappa shape index (κ3) is 8.81. The maximum atomic E-state index is 13.5. The number of sulfonamides is 1. The van der Waals surface area contributed by atoms with Gasteiger partial charge in [-0.2, -0.15) is 12.7 Å². The Balaban J connectivity index is 0.000000352. The molecule has 2 N–H and O–H groups in total. The molecule has 41 heavy (non-hydrogen) atoms. The molecule has 3 aromatic carbocycles. The fourth-order valence-corrected chi connectivity index (χ4v) is 6.41. The van der Waals surface area contributed by atoms with Gasteiger partial charge in [-0.05, 0) is 85.5 Å². The standard InChI is InChI=1S/C21H25ClN2O5S.C6H5ClO3S/c1-28-19-11-6-15(13-20(19)29-2)14-24(18-5-3-4-12-23-21(18)25)30(26,27)17-9-7-16(22)8-10-17;7-5-1-3-6(4-2-5)11(8,9)10/h6-11,13,18H,3-5,12,14H2,1-2H3,(H,23,25);1-4H,(H,8,9,10). The van der Waals surface area contributed by atoms with Crippen LogP contribution in [0, 0.1) is 0 Å². The zero-order chi connectivity index (χ0) is 30.2. The average Bonchev–Trinajstić information content (AvgIpc) is 3.15. The Morgan fingerprint density at radius 2 is 1.41 bits per heavy atom. The second-order valence-corrected chi connectivity index (χ2v) is 13.1. The van der Waals surface area contributed by atoms with Crippen LogP contribution in [0.5, 0.6) is 11.5 Å². The van der Waals surface area contributed by atoms with E-state index in [0.29, 0.717) is 40.1 Å². The Hall–Kier alpha value is -2.87. The summed E-state index contributed by atoms with van der Waals surface area (Å²) in [6.45, 7) is 0.559. The Morgan fingerprint density at radius 3 is 1.95 bits per heavy atom. The number of halogens is 2. The summed E-state index contributed by atoms with van der Waals surface area (Å²) in [6.07, 6.45) is 2.02. The van der Waals surface area contributed by atoms with Gasteiger partial charge in [0.2, 0.25) is 15.9 Å². The number of carbonyl (C=O) groups is 1. The van der Waals surface area contributed by atoms with Gasteiger partial charge in [-0.3, -0.25) is 9.35 Å². The van der Waals surface area contributed by atoms with E-state index in [2.05, 4.69) is 5.32 Å². The molecule has 1 unspecified atom stereocenters. The van der Waals surface area contributed by atoms with Gasteiger partial charge in [0.25, 0.3) is 10.1 Å². The molecule has 3 aromatic rings. The van der Waals surface area contributed by atoms with E-state index in [1.165, 1.54) is 67.1 Å². The highest BCUT2D eigenvalue weighted by atomic mass is 35.5. The first kappa shape index (κ1) is 32.6. The molecule has 1 heterocycles. The van der Waals surface area contributed by atoms with Gasteiger partial charge in [0, 0.05) is 23.1 Å². The van der Waals surface area contributed by atoms with Crippen LogP contribution >= 0.6 is 23.2 Å². The zero-order valence-corrected chi connectivity index (χ0v) is 25.4. The van der Waals surface area contributed by atoms with Crippen LogP contribution in [0.25, 0.3) is 0 Å². The number of carbonyl (C=O) groups excluding carboxylic acids is 1. The van der Waals surface area contributed by atoms with Crippen molar-refractivity contribution in [2.75, 3.05) is 20.8 Å². The molecule has 1 atom stereocenters. The van der Waals surface area contributed by atoms with Crippen LogP contribution in [0.3, 0.4) is 0 Å². The van der Waals surface area contributed by atoms with Crippen molar-refractivity contribution >= 4 is 49.3 Å². The fraction of sp³-hybridized carbons (Fsp3) is 0.296. The topological polar surface area (TPSA) is 139 Å². The lowest BCUT2D eigenvalue weighted by molar-refractivity contribution is -0.124. The lowest BCUT2D eigenvalue weighted by Gasteiger charge is -2.29. The first-order valence-electron chi connectivity index (χ1n) is 12.4. The van der Waals surface area contributed by atoms with E-state index in [0.717, 1.165) is 12.8 Å². The summed E-state index contributed by atoms with van der Waals surface area (Å²) in [6, 6.07) is 15.6. The molecule has 222 valence electrons. The summed E-state index contributed by atoms with van der Waals surface area (Å²) in [5.74, 6) is 0.746. The summed E-state index contributed by atoms with van der Waals surface area (Å²) in [5.41, 5.74) is 0.683. The number of nitrogens with zero attached hydrogens (tertiary/aromatic N) is 1. The molecule has 0 radical (unpaired) electrons. The van der Waals surface area contributed by atoms with Crippen LogP contribution in [0.1, 0.15) is 24.8 Å². The van der Waals surface area contributed by atoms with E-state index >= 15 is 0 Å². The predicted octanol–water partition coefficient (Wildman–Crippen LogP) is 4.80. The molecular weight excluding hydrogens is 615 g/mol. The zero-order valence-electron chi connectivity index (χ0n) is 22.3. The molecule has 10 nitrogen and oxygen atoms in total. The van der Waals surface area contributed by atoms with Crippen LogP contribution in [-0.2, 0) is 31.5 Å². The lowest BCUT2D eigenvalue weighted by atomic mass is 10.1. The minimum atomic E-state index is -4.08. The second-order valence-electron chi connectivity index (χ2n) is 8.93. The van der Waals surface area contributed by atoms with Gasteiger partial charge < -0.3 is 14.8 Å². The van der Waals surface area contributed by atoms with Crippen molar-refractivity contribution in [2.24, 2.45) is 0 Å². The summed E-state index contributed by atoms with van der Waals surface area (Å²) in [5, 5.41) is 3.69. The predicted molar refractivity (Wildman–Crippen MR) is 156 cm³/mol. The molecule has 4 rings (SSSR count). The molecule has 1 aliphatic rings. The quantitative estimate of drug-likeness (QED) is 0.333. The maximum Gasteiger partial charge on any atom is 0.294 e. The van der Waals surface area contributed by atoms with Crippen LogP contribution < -0.4 is 14.8 Å². The summed E-state index contributed by atoms with van der Waals surface area (Å²) in [7, 11) is -4.99. The van der Waals surface area contributed by atoms with Gasteiger partial charge in [-0.25, -0.2) is 8.42 Å². The minimum Gasteiger partial charge on any atom is -0.493 e. The number of hydrogen-bond donors (Lipinski definition) is 2. The number of nitrogens with one attached hydrogen (secondary N) is 1. The van der Waals surface area contributed by atoms with E-state index in [-0.39, 0.29) is 22.2 Å². The number of ether oxygens (including phenoxy) is 2. The van der Waals surface area contributed by atoms with Crippen LogP contribution in [0.15, 0.2) is 76.5 Å². The molecule has 0 saturated carbocycles. The van der Waals surface area contributed by atoms with Gasteiger partial charge in [0.1, 0.15) is 6.04 Å². The van der Waals surface area contributed by atoms with E-state index in [9.17, 15) is 21.6 Å². The normalized spacial score (nSPS) is 15.8. The Bertz CT molecular complexity index is 1550. The number of benzene rings is 3. The van der Waals surface area contributed by atoms with Crippen LogP contribution in [-0.4, -0.2) is 58.4 Å². The first-order valence-corrected chi connectivity index (χ1v) is 16.0. The van der Waals surface area contributed by atoms with E-state index < -0.39 is 26.2 Å². The fourth-order valence-electron chi connectivity index (χ4n) is 4.07. The SMILES string of the molecule is COc1ccc(CN(C2CCCCNC2=O)S(=O)(=O)c2ccc(Cl)cc2)cc1OC.O=S(=O)(O)c1ccc(Cl)cc1. The maximum absolute atomic E-state index is 13.5. The van der Waals surface area contributed by atoms with Crippen molar-refractivity contribution in [2.45, 2.75) is 41.6 Å². The number of methoxy groups -OCH3 is 2. The Kier molecular flexibility index (Phi) is 11.4. The molecule has 1 saturated heterocycles. The molecular formula is C27H30Cl2N2O8S2. The van der Waals surface area contributed by atoms with Crippen LogP contribution in [0.4, 0.5) is 0 Å². The first-order chi connectivity index (χ1) is 19.4. The number of amides is 1. The van der Waals surface area contributed by atoms with Crippen molar-refractivity contribution < 1.29 is 35.7 Å². The van der Waals surface area contributed by atoms with Gasteiger partial charge >= 0.3 is 0 Å². The van der Waals surface area contributed by atoms with Gasteiger partial charge in [0.15, 0.2) is 11.5 Å². The molecule has 14 heteroatoms. The monoisotopic (exact) mass is 644 g/mol. The van der Waals surface area contributed by atoms with Gasteiger partial charge in [0.05, 0.1) is 24.0 Å². The number of hydrogen-bond acceptors (Lipinski definition) is 7. The Morgan fingerprint density at radius 1 is 0.854 bits per heavy atom. The van der Waals surface area contributed by atoms with E-state index in [4.69, 9.17) is 37.2 Å². The van der Waals surface area contributed by atoms with Crippen molar-refractivity contribution in [1.82, 2.24) is 9.62 Å². The molecule has 0 aliphatic carbocycles. The van der Waals surface area contributed by atoms with Crippen molar-refractivity contribution in [3.63, 3.8) is 0 Å². The molecule has 0 aromatic heterocycles. The summed E-state index contributed by atoms with van der Waals surface area (Å²) >= 11 is 11.4. The Labute approximate surface area is 250 Å². The average molecular weight is 646 g/mol. The minimum absolute atomic E-state index is 0.0173. The van der Waals surface area contributed by atoms with E-state index in [1.807, 2.05) is 0 Å². The van der Waals surface area contributed by atoms with Crippen LogP contribution in [0.2, 0.25) is 10.0 Å². The summed E-state index contributed by atoms with van der Waals surface area (Å²) < 4.78 is 68.3. The third-order valence-electron chi connectivity index (χ3n) is 6.17. The molecule has 1 aliphatic heterocycles. The molecule has 1 amide bonds. The highest BCUT2D eigenvalue weighted by molar-refractivity contribution is 7.89. The van der Waals surface area contributed by atoms with E-state index in [1.54, 1.807) is 18.2 Å². The number of rotatable bonds is 8.